The van der Waals surface area contributed by atoms with Crippen molar-refractivity contribution in [1.82, 2.24) is 10.2 Å². The summed E-state index contributed by atoms with van der Waals surface area (Å²) in [7, 11) is 0. The van der Waals surface area contributed by atoms with Crippen molar-refractivity contribution in [3.63, 3.8) is 0 Å². The normalized spacial score (nSPS) is 21.7. The van der Waals surface area contributed by atoms with Gasteiger partial charge in [0.15, 0.2) is 0 Å². The fourth-order valence-corrected chi connectivity index (χ4v) is 3.02. The summed E-state index contributed by atoms with van der Waals surface area (Å²) in [6.45, 7) is 2.59. The van der Waals surface area contributed by atoms with Crippen LogP contribution in [0.4, 0.5) is 4.79 Å². The molecule has 108 valence electrons. The number of urea groups is 1. The summed E-state index contributed by atoms with van der Waals surface area (Å²) in [4.78, 5) is 25.3. The fraction of sp³-hybridized carbons (Fsp3) is 0.857. The molecule has 19 heavy (non-hydrogen) atoms. The van der Waals surface area contributed by atoms with Crippen molar-refractivity contribution >= 4 is 12.0 Å². The van der Waals surface area contributed by atoms with E-state index in [9.17, 15) is 14.7 Å². The SMILES string of the molecule is CCN(C(=O)NC(C(=O)O)C1CCCCC1)C1CC1. The molecule has 0 heterocycles. The molecule has 5 heteroatoms. The van der Waals surface area contributed by atoms with Crippen LogP contribution >= 0.6 is 0 Å². The highest BCUT2D eigenvalue weighted by atomic mass is 16.4. The van der Waals surface area contributed by atoms with Crippen LogP contribution in [0.3, 0.4) is 0 Å². The molecule has 0 spiro atoms. The number of nitrogens with one attached hydrogen (secondary N) is 1. The molecule has 2 amide bonds. The van der Waals surface area contributed by atoms with Crippen molar-refractivity contribution in [3.05, 3.63) is 0 Å². The molecule has 2 fully saturated rings. The Morgan fingerprint density at radius 2 is 1.84 bits per heavy atom. The van der Waals surface area contributed by atoms with Gasteiger partial charge >= 0.3 is 12.0 Å². The van der Waals surface area contributed by atoms with Gasteiger partial charge in [-0.1, -0.05) is 19.3 Å². The lowest BCUT2D eigenvalue weighted by Crippen LogP contribution is -2.52. The number of rotatable bonds is 5. The van der Waals surface area contributed by atoms with Gasteiger partial charge < -0.3 is 15.3 Å². The average Bonchev–Trinajstić information content (AvgIpc) is 3.22. The number of hydrogen-bond donors (Lipinski definition) is 2. The van der Waals surface area contributed by atoms with E-state index in [-0.39, 0.29) is 11.9 Å². The molecular weight excluding hydrogens is 244 g/mol. The summed E-state index contributed by atoms with van der Waals surface area (Å²) >= 11 is 0. The number of carboxylic acids is 1. The molecule has 1 unspecified atom stereocenters. The number of amides is 2. The Labute approximate surface area is 114 Å². The standard InChI is InChI=1S/C14H24N2O3/c1-2-16(11-8-9-11)14(19)15-12(13(17)18)10-6-4-3-5-7-10/h10-12H,2-9H2,1H3,(H,15,19)(H,17,18). The second-order valence-corrected chi connectivity index (χ2v) is 5.68. The quantitative estimate of drug-likeness (QED) is 0.803. The average molecular weight is 268 g/mol. The van der Waals surface area contributed by atoms with E-state index < -0.39 is 12.0 Å². The van der Waals surface area contributed by atoms with Crippen molar-refractivity contribution in [1.29, 1.82) is 0 Å². The molecule has 0 aromatic heterocycles. The third-order valence-corrected chi connectivity index (χ3v) is 4.26. The summed E-state index contributed by atoms with van der Waals surface area (Å²) in [6, 6.07) is -0.602. The van der Waals surface area contributed by atoms with E-state index in [1.165, 1.54) is 6.42 Å². The van der Waals surface area contributed by atoms with Gasteiger partial charge in [-0.2, -0.15) is 0 Å². The first kappa shape index (κ1) is 14.2. The summed E-state index contributed by atoms with van der Waals surface area (Å²) in [5.74, 6) is -0.805. The second-order valence-electron chi connectivity index (χ2n) is 5.68. The molecular formula is C14H24N2O3. The van der Waals surface area contributed by atoms with E-state index in [1.54, 1.807) is 4.90 Å². The number of carbonyl (C=O) groups is 2. The largest absolute Gasteiger partial charge is 0.480 e. The van der Waals surface area contributed by atoms with Crippen LogP contribution < -0.4 is 5.32 Å². The van der Waals surface area contributed by atoms with Gasteiger partial charge in [-0.05, 0) is 38.5 Å². The van der Waals surface area contributed by atoms with Crippen LogP contribution in [0.1, 0.15) is 51.9 Å². The Bertz CT molecular complexity index is 336. The lowest BCUT2D eigenvalue weighted by molar-refractivity contribution is -0.141. The number of carboxylic acid groups (broad SMARTS) is 1. The fourth-order valence-electron chi connectivity index (χ4n) is 3.02. The van der Waals surface area contributed by atoms with Gasteiger partial charge in [-0.15, -0.1) is 0 Å². The van der Waals surface area contributed by atoms with Crippen molar-refractivity contribution < 1.29 is 14.7 Å². The minimum absolute atomic E-state index is 0.0908. The molecule has 2 N–H and O–H groups in total. The lowest BCUT2D eigenvalue weighted by Gasteiger charge is -2.30. The highest BCUT2D eigenvalue weighted by molar-refractivity contribution is 5.83. The number of hydrogen-bond acceptors (Lipinski definition) is 2. The van der Waals surface area contributed by atoms with Crippen LogP contribution in [0.15, 0.2) is 0 Å². The predicted molar refractivity (Wildman–Crippen MR) is 71.9 cm³/mol. The van der Waals surface area contributed by atoms with Gasteiger partial charge in [-0.3, -0.25) is 0 Å². The van der Waals surface area contributed by atoms with E-state index in [1.807, 2.05) is 6.92 Å². The molecule has 0 radical (unpaired) electrons. The summed E-state index contributed by atoms with van der Waals surface area (Å²) < 4.78 is 0. The monoisotopic (exact) mass is 268 g/mol. The van der Waals surface area contributed by atoms with Gasteiger partial charge in [0.05, 0.1) is 0 Å². The van der Waals surface area contributed by atoms with Crippen molar-refractivity contribution in [2.45, 2.75) is 64.0 Å². The minimum Gasteiger partial charge on any atom is -0.480 e. The Kier molecular flexibility index (Phi) is 4.66. The van der Waals surface area contributed by atoms with Crippen LogP contribution in [0.25, 0.3) is 0 Å². The van der Waals surface area contributed by atoms with Crippen LogP contribution in [0.5, 0.6) is 0 Å². The van der Waals surface area contributed by atoms with Gasteiger partial charge in [0.2, 0.25) is 0 Å². The zero-order valence-electron chi connectivity index (χ0n) is 11.6. The zero-order valence-corrected chi connectivity index (χ0v) is 11.6. The molecule has 0 aliphatic heterocycles. The molecule has 0 bridgehead atoms. The molecule has 0 aromatic rings. The zero-order chi connectivity index (χ0) is 13.8. The van der Waals surface area contributed by atoms with E-state index in [2.05, 4.69) is 5.32 Å². The van der Waals surface area contributed by atoms with E-state index in [0.717, 1.165) is 38.5 Å². The summed E-state index contributed by atoms with van der Waals surface area (Å²) in [5, 5.41) is 12.1. The molecule has 2 aliphatic rings. The third-order valence-electron chi connectivity index (χ3n) is 4.26. The second kappa shape index (κ2) is 6.26. The highest BCUT2D eigenvalue weighted by Gasteiger charge is 2.35. The van der Waals surface area contributed by atoms with Crippen molar-refractivity contribution in [3.8, 4) is 0 Å². The van der Waals surface area contributed by atoms with E-state index >= 15 is 0 Å². The van der Waals surface area contributed by atoms with Gasteiger partial charge in [-0.25, -0.2) is 9.59 Å². The topological polar surface area (TPSA) is 69.6 Å². The summed E-state index contributed by atoms with van der Waals surface area (Å²) in [5.41, 5.74) is 0. The van der Waals surface area contributed by atoms with Crippen LogP contribution in [-0.4, -0.2) is 40.6 Å². The highest BCUT2D eigenvalue weighted by Crippen LogP contribution is 2.28. The molecule has 1 atom stereocenters. The first-order valence-corrected chi connectivity index (χ1v) is 7.43. The molecule has 0 aromatic carbocycles. The minimum atomic E-state index is -0.896. The Morgan fingerprint density at radius 1 is 1.21 bits per heavy atom. The van der Waals surface area contributed by atoms with Gasteiger partial charge in [0.25, 0.3) is 0 Å². The van der Waals surface area contributed by atoms with Crippen LogP contribution in [0.2, 0.25) is 0 Å². The molecule has 2 aliphatic carbocycles. The number of nitrogens with zero attached hydrogens (tertiary/aromatic N) is 1. The lowest BCUT2D eigenvalue weighted by atomic mass is 9.84. The maximum Gasteiger partial charge on any atom is 0.326 e. The molecule has 5 nitrogen and oxygen atoms in total. The third kappa shape index (κ3) is 3.61. The van der Waals surface area contributed by atoms with Gasteiger partial charge in [0.1, 0.15) is 6.04 Å². The first-order valence-electron chi connectivity index (χ1n) is 7.43. The van der Waals surface area contributed by atoms with Gasteiger partial charge in [0, 0.05) is 12.6 Å². The smallest absolute Gasteiger partial charge is 0.326 e. The maximum atomic E-state index is 12.2. The Hall–Kier alpha value is -1.26. The summed E-state index contributed by atoms with van der Waals surface area (Å²) in [6.07, 6.45) is 7.24. The van der Waals surface area contributed by atoms with Crippen LogP contribution in [0, 0.1) is 5.92 Å². The predicted octanol–water partition coefficient (Wildman–Crippen LogP) is 2.21. The Morgan fingerprint density at radius 3 is 2.32 bits per heavy atom. The Balaban J connectivity index is 1.95. The van der Waals surface area contributed by atoms with Crippen LogP contribution in [-0.2, 0) is 4.79 Å². The number of carbonyl (C=O) groups excluding carboxylic acids is 1. The molecule has 2 saturated carbocycles. The first-order chi connectivity index (χ1) is 9.13. The molecule has 0 saturated heterocycles. The maximum absolute atomic E-state index is 12.2. The van der Waals surface area contributed by atoms with E-state index in [4.69, 9.17) is 0 Å². The van der Waals surface area contributed by atoms with Crippen molar-refractivity contribution in [2.75, 3.05) is 6.54 Å². The van der Waals surface area contributed by atoms with Crippen molar-refractivity contribution in [2.24, 2.45) is 5.92 Å². The number of aliphatic carboxylic acids is 1. The molecule has 2 rings (SSSR count). The van der Waals surface area contributed by atoms with E-state index in [0.29, 0.717) is 12.6 Å².